The third kappa shape index (κ3) is 4.83. The van der Waals surface area contributed by atoms with Gasteiger partial charge in [-0.05, 0) is 19.4 Å². The lowest BCUT2D eigenvalue weighted by Crippen LogP contribution is -2.08. The fourth-order valence-corrected chi connectivity index (χ4v) is 1.06. The topological polar surface area (TPSA) is 73.9 Å². The summed E-state index contributed by atoms with van der Waals surface area (Å²) >= 11 is 0. The molecule has 0 saturated heterocycles. The molecule has 0 aromatic heterocycles. The quantitative estimate of drug-likeness (QED) is 0.391. The van der Waals surface area contributed by atoms with Gasteiger partial charge in [0.1, 0.15) is 11.6 Å². The van der Waals surface area contributed by atoms with E-state index in [-0.39, 0.29) is 12.2 Å². The summed E-state index contributed by atoms with van der Waals surface area (Å²) in [5.41, 5.74) is -0.0862. The highest BCUT2D eigenvalue weighted by atomic mass is 16.5. The van der Waals surface area contributed by atoms with E-state index in [9.17, 15) is 4.79 Å². The second-order valence-electron chi connectivity index (χ2n) is 2.94. The second kappa shape index (κ2) is 7.58. The first kappa shape index (κ1) is 13.2. The average Bonchev–Trinajstić information content (AvgIpc) is 2.24. The van der Waals surface area contributed by atoms with Gasteiger partial charge >= 0.3 is 5.97 Å². The van der Waals surface area contributed by atoms with E-state index in [0.717, 1.165) is 6.42 Å². The van der Waals surface area contributed by atoms with Gasteiger partial charge in [-0.3, -0.25) is 0 Å². The smallest absolute Gasteiger partial charge is 0.348 e. The molecule has 0 saturated carbocycles. The van der Waals surface area contributed by atoms with Gasteiger partial charge in [-0.15, -0.1) is 0 Å². The maximum absolute atomic E-state index is 11.2. The van der Waals surface area contributed by atoms with E-state index < -0.39 is 11.9 Å². The minimum Gasteiger partial charge on any atom is -0.462 e. The van der Waals surface area contributed by atoms with Crippen molar-refractivity contribution in [3.05, 3.63) is 11.6 Å². The molecule has 80 valence electrons. The van der Waals surface area contributed by atoms with E-state index in [1.54, 1.807) is 13.0 Å². The van der Waals surface area contributed by atoms with E-state index in [0.29, 0.717) is 6.42 Å². The molecule has 1 atom stereocenters. The molecule has 0 aromatic rings. The minimum atomic E-state index is -0.656. The Labute approximate surface area is 89.8 Å². The fourth-order valence-electron chi connectivity index (χ4n) is 1.06. The Hall–Kier alpha value is -1.81. The third-order valence-electron chi connectivity index (χ3n) is 1.75. The van der Waals surface area contributed by atoms with Crippen LogP contribution >= 0.6 is 0 Å². The summed E-state index contributed by atoms with van der Waals surface area (Å²) < 4.78 is 4.68. The van der Waals surface area contributed by atoms with Gasteiger partial charge in [-0.2, -0.15) is 10.5 Å². The maximum Gasteiger partial charge on any atom is 0.348 e. The summed E-state index contributed by atoms with van der Waals surface area (Å²) in [5, 5.41) is 17.5. The van der Waals surface area contributed by atoms with Crippen LogP contribution in [0.15, 0.2) is 11.6 Å². The van der Waals surface area contributed by atoms with Crippen molar-refractivity contribution in [3.8, 4) is 12.1 Å². The highest BCUT2D eigenvalue weighted by Crippen LogP contribution is 2.10. The molecule has 0 amide bonds. The number of nitrogens with zero attached hydrogens (tertiary/aromatic N) is 2. The Kier molecular flexibility index (Phi) is 6.67. The predicted octanol–water partition coefficient (Wildman–Crippen LogP) is 1.94. The first-order valence-electron chi connectivity index (χ1n) is 4.88. The lowest BCUT2D eigenvalue weighted by Gasteiger charge is -2.02. The number of esters is 1. The molecule has 0 aliphatic heterocycles. The number of hydrogen-bond acceptors (Lipinski definition) is 4. The van der Waals surface area contributed by atoms with Gasteiger partial charge in [-0.1, -0.05) is 13.3 Å². The molecule has 0 N–H and O–H groups in total. The molecule has 0 rings (SSSR count). The van der Waals surface area contributed by atoms with Crippen LogP contribution in [0.4, 0.5) is 0 Å². The Bertz CT molecular complexity index is 320. The largest absolute Gasteiger partial charge is 0.462 e. The highest BCUT2D eigenvalue weighted by Gasteiger charge is 2.12. The van der Waals surface area contributed by atoms with E-state index in [4.69, 9.17) is 10.5 Å². The van der Waals surface area contributed by atoms with Crippen molar-refractivity contribution < 1.29 is 9.53 Å². The highest BCUT2D eigenvalue weighted by molar-refractivity contribution is 5.92. The van der Waals surface area contributed by atoms with Crippen molar-refractivity contribution in [2.75, 3.05) is 6.61 Å². The molecule has 4 nitrogen and oxygen atoms in total. The van der Waals surface area contributed by atoms with Crippen molar-refractivity contribution >= 4 is 5.97 Å². The zero-order chi connectivity index (χ0) is 11.7. The average molecular weight is 206 g/mol. The molecule has 0 heterocycles. The Morgan fingerprint density at radius 2 is 2.13 bits per heavy atom. The first-order chi connectivity index (χ1) is 7.19. The lowest BCUT2D eigenvalue weighted by atomic mass is 10.0. The monoisotopic (exact) mass is 206 g/mol. The molecule has 0 aliphatic carbocycles. The van der Waals surface area contributed by atoms with Crippen molar-refractivity contribution in [2.24, 2.45) is 5.92 Å². The molecule has 15 heavy (non-hydrogen) atoms. The molecular formula is C11H14N2O2. The van der Waals surface area contributed by atoms with Crippen LogP contribution in [0, 0.1) is 28.6 Å². The third-order valence-corrected chi connectivity index (χ3v) is 1.75. The van der Waals surface area contributed by atoms with Gasteiger partial charge in [0, 0.05) is 0 Å². The summed E-state index contributed by atoms with van der Waals surface area (Å²) in [6.07, 6.45) is 2.85. The van der Waals surface area contributed by atoms with Crippen molar-refractivity contribution in [3.63, 3.8) is 0 Å². The number of nitriles is 2. The maximum atomic E-state index is 11.2. The number of carbonyl (C=O) groups excluding carboxylic acids is 1. The number of ether oxygens (including phenoxy) is 1. The molecule has 0 spiro atoms. The summed E-state index contributed by atoms with van der Waals surface area (Å²) in [7, 11) is 0. The number of carbonyl (C=O) groups is 1. The molecule has 4 heteroatoms. The minimum absolute atomic E-state index is 0.0862. The second-order valence-corrected chi connectivity index (χ2v) is 2.94. The molecular weight excluding hydrogens is 192 g/mol. The number of hydrogen-bond donors (Lipinski definition) is 0. The van der Waals surface area contributed by atoms with Crippen molar-refractivity contribution in [1.29, 1.82) is 10.5 Å². The van der Waals surface area contributed by atoms with Gasteiger partial charge in [0.2, 0.25) is 0 Å². The molecule has 0 aromatic carbocycles. The summed E-state index contributed by atoms with van der Waals surface area (Å²) in [6, 6.07) is 3.77. The molecule has 0 aliphatic rings. The van der Waals surface area contributed by atoms with Gasteiger partial charge in [0.15, 0.2) is 0 Å². The summed E-state index contributed by atoms with van der Waals surface area (Å²) in [5.74, 6) is -1.05. The fraction of sp³-hybridized carbons (Fsp3) is 0.545. The molecule has 0 bridgehead atoms. The number of allylic oxidation sites excluding steroid dienone is 1. The van der Waals surface area contributed by atoms with E-state index in [1.807, 2.05) is 13.0 Å². The molecule has 0 radical (unpaired) electrons. The van der Waals surface area contributed by atoms with Crippen LogP contribution in [0.2, 0.25) is 0 Å². The lowest BCUT2D eigenvalue weighted by molar-refractivity contribution is -0.138. The molecule has 0 fully saturated rings. The standard InChI is InChI=1S/C11H14N2O2/c1-3-5-9(7-12)6-10(8-13)11(14)15-4-2/h6,9H,3-5H2,1-2H3. The van der Waals surface area contributed by atoms with Crippen LogP contribution in [-0.4, -0.2) is 12.6 Å². The SMILES string of the molecule is CCCC(C#N)C=C(C#N)C(=O)OCC. The zero-order valence-corrected chi connectivity index (χ0v) is 8.99. The Morgan fingerprint density at radius 3 is 2.53 bits per heavy atom. The van der Waals surface area contributed by atoms with Crippen LogP contribution in [0.5, 0.6) is 0 Å². The van der Waals surface area contributed by atoms with E-state index >= 15 is 0 Å². The van der Waals surface area contributed by atoms with Crippen molar-refractivity contribution in [2.45, 2.75) is 26.7 Å². The summed E-state index contributed by atoms with van der Waals surface area (Å²) in [4.78, 5) is 11.2. The first-order valence-corrected chi connectivity index (χ1v) is 4.88. The Morgan fingerprint density at radius 1 is 1.47 bits per heavy atom. The zero-order valence-electron chi connectivity index (χ0n) is 8.99. The van der Waals surface area contributed by atoms with Gasteiger partial charge < -0.3 is 4.74 Å². The van der Waals surface area contributed by atoms with Crippen LogP contribution in [0.1, 0.15) is 26.7 Å². The Balaban J connectivity index is 4.66. The van der Waals surface area contributed by atoms with Gasteiger partial charge in [0.05, 0.1) is 18.6 Å². The van der Waals surface area contributed by atoms with Crippen molar-refractivity contribution in [1.82, 2.24) is 0 Å². The van der Waals surface area contributed by atoms with E-state index in [2.05, 4.69) is 4.74 Å². The number of rotatable bonds is 5. The summed E-state index contributed by atoms with van der Waals surface area (Å²) in [6.45, 7) is 3.83. The predicted molar refractivity (Wildman–Crippen MR) is 54.3 cm³/mol. The van der Waals surface area contributed by atoms with Crippen LogP contribution < -0.4 is 0 Å². The normalized spacial score (nSPS) is 12.4. The van der Waals surface area contributed by atoms with Gasteiger partial charge in [0.25, 0.3) is 0 Å². The van der Waals surface area contributed by atoms with Gasteiger partial charge in [-0.25, -0.2) is 4.79 Å². The van der Waals surface area contributed by atoms with Crippen LogP contribution in [0.25, 0.3) is 0 Å². The van der Waals surface area contributed by atoms with Crippen LogP contribution in [0.3, 0.4) is 0 Å². The van der Waals surface area contributed by atoms with E-state index in [1.165, 1.54) is 6.08 Å². The molecule has 1 unspecified atom stereocenters. The van der Waals surface area contributed by atoms with Crippen LogP contribution in [-0.2, 0) is 9.53 Å².